The fraction of sp³-hybridized carbons (Fsp3) is 0.188. The molecule has 0 aromatic heterocycles. The summed E-state index contributed by atoms with van der Waals surface area (Å²) in [7, 11) is -3.70. The van der Waals surface area contributed by atoms with Gasteiger partial charge in [-0.05, 0) is 54.0 Å². The monoisotopic (exact) mass is 474 g/mol. The topological polar surface area (TPSA) is 67.8 Å². The molecule has 0 heterocycles. The van der Waals surface area contributed by atoms with Crippen molar-refractivity contribution in [1.29, 1.82) is 0 Å². The summed E-state index contributed by atoms with van der Waals surface area (Å²) in [4.78, 5) is 2.37. The van der Waals surface area contributed by atoms with Gasteiger partial charge in [0.25, 0.3) is 10.0 Å². The van der Waals surface area contributed by atoms with Crippen molar-refractivity contribution in [2.45, 2.75) is 18.7 Å². The Hall–Kier alpha value is -1.38. The Kier molecular flexibility index (Phi) is 6.42. The van der Waals surface area contributed by atoms with E-state index in [0.717, 1.165) is 14.5 Å². The number of hydrazone groups is 1. The van der Waals surface area contributed by atoms with E-state index in [1.54, 1.807) is 18.2 Å². The largest absolute Gasteiger partial charge is 0.492 e. The predicted octanol–water partition coefficient (Wildman–Crippen LogP) is 4.23. The first-order valence-corrected chi connectivity index (χ1v) is 10.1. The molecule has 0 aliphatic heterocycles. The molecule has 2 aromatic rings. The van der Waals surface area contributed by atoms with E-state index in [1.807, 2.05) is 19.9 Å². The Bertz CT molecular complexity index is 850. The molecule has 5 nitrogen and oxygen atoms in total. The maximum atomic E-state index is 12.2. The van der Waals surface area contributed by atoms with Gasteiger partial charge >= 0.3 is 0 Å². The minimum Gasteiger partial charge on any atom is -0.492 e. The van der Waals surface area contributed by atoms with E-state index < -0.39 is 10.0 Å². The van der Waals surface area contributed by atoms with Crippen molar-refractivity contribution in [1.82, 2.24) is 4.83 Å². The summed E-state index contributed by atoms with van der Waals surface area (Å²) < 4.78 is 31.5. The quantitative estimate of drug-likeness (QED) is 0.502. The molecule has 0 unspecified atom stereocenters. The van der Waals surface area contributed by atoms with E-state index in [4.69, 9.17) is 4.74 Å². The highest BCUT2D eigenvalue weighted by molar-refractivity contribution is 9.11. The molecule has 0 bridgehead atoms. The average Bonchev–Trinajstić information content (AvgIpc) is 2.51. The van der Waals surface area contributed by atoms with Crippen molar-refractivity contribution < 1.29 is 13.2 Å². The maximum absolute atomic E-state index is 12.2. The summed E-state index contributed by atoms with van der Waals surface area (Å²) in [5.41, 5.74) is 1.63. The minimum atomic E-state index is -3.70. The van der Waals surface area contributed by atoms with Crippen LogP contribution in [0.5, 0.6) is 5.75 Å². The molecule has 8 heteroatoms. The zero-order valence-electron chi connectivity index (χ0n) is 13.1. The lowest BCUT2D eigenvalue weighted by atomic mass is 10.2. The Morgan fingerprint density at radius 2 is 1.88 bits per heavy atom. The Morgan fingerprint density at radius 3 is 2.50 bits per heavy atom. The van der Waals surface area contributed by atoms with Gasteiger partial charge in [-0.15, -0.1) is 0 Å². The van der Waals surface area contributed by atoms with Gasteiger partial charge in [0.05, 0.1) is 22.2 Å². The van der Waals surface area contributed by atoms with Crippen LogP contribution in [0.4, 0.5) is 0 Å². The molecule has 128 valence electrons. The molecule has 0 spiro atoms. The van der Waals surface area contributed by atoms with Gasteiger partial charge < -0.3 is 4.74 Å². The van der Waals surface area contributed by atoms with Crippen LogP contribution >= 0.6 is 31.9 Å². The van der Waals surface area contributed by atoms with E-state index in [9.17, 15) is 8.42 Å². The summed E-state index contributed by atoms with van der Waals surface area (Å²) >= 11 is 6.81. The van der Waals surface area contributed by atoms with Crippen molar-refractivity contribution in [3.05, 3.63) is 56.5 Å². The Labute approximate surface area is 158 Å². The normalized spacial score (nSPS) is 11.7. The molecule has 0 radical (unpaired) electrons. The van der Waals surface area contributed by atoms with E-state index in [1.165, 1.54) is 18.3 Å². The molecule has 0 atom stereocenters. The molecule has 0 aliphatic carbocycles. The number of rotatable bonds is 6. The molecule has 2 aromatic carbocycles. The minimum absolute atomic E-state index is 0.158. The molecular formula is C16H16Br2N2O3S. The second-order valence-electron chi connectivity index (χ2n) is 4.90. The van der Waals surface area contributed by atoms with E-state index in [2.05, 4.69) is 41.8 Å². The van der Waals surface area contributed by atoms with Crippen molar-refractivity contribution in [3.8, 4) is 5.75 Å². The number of nitrogens with one attached hydrogen (secondary N) is 1. The molecular weight excluding hydrogens is 460 g/mol. The summed E-state index contributed by atoms with van der Waals surface area (Å²) in [5, 5.41) is 3.85. The molecule has 0 amide bonds. The predicted molar refractivity (Wildman–Crippen MR) is 102 cm³/mol. The lowest BCUT2D eigenvalue weighted by molar-refractivity contribution is 0.337. The number of aryl methyl sites for hydroxylation is 1. The van der Waals surface area contributed by atoms with Crippen molar-refractivity contribution in [3.63, 3.8) is 0 Å². The average molecular weight is 476 g/mol. The number of benzene rings is 2. The van der Waals surface area contributed by atoms with E-state index >= 15 is 0 Å². The van der Waals surface area contributed by atoms with Gasteiger partial charge in [-0.3, -0.25) is 0 Å². The number of hydrogen-bond acceptors (Lipinski definition) is 4. The molecule has 1 N–H and O–H groups in total. The van der Waals surface area contributed by atoms with Crippen molar-refractivity contribution >= 4 is 48.1 Å². The Morgan fingerprint density at radius 1 is 1.21 bits per heavy atom. The second kappa shape index (κ2) is 8.13. The SMILES string of the molecule is CCOc1c(Br)cc(Br)cc1/C=N/NS(=O)(=O)c1ccc(C)cc1. The van der Waals surface area contributed by atoms with Crippen LogP contribution < -0.4 is 9.57 Å². The van der Waals surface area contributed by atoms with Crippen LogP contribution in [-0.4, -0.2) is 21.2 Å². The van der Waals surface area contributed by atoms with E-state index in [0.29, 0.717) is 17.9 Å². The number of nitrogens with zero attached hydrogens (tertiary/aromatic N) is 1. The third kappa shape index (κ3) is 4.81. The summed E-state index contributed by atoms with van der Waals surface area (Å²) in [6.07, 6.45) is 1.41. The van der Waals surface area contributed by atoms with Crippen LogP contribution in [0, 0.1) is 6.92 Å². The summed E-state index contributed by atoms with van der Waals surface area (Å²) in [6.45, 7) is 4.24. The fourth-order valence-electron chi connectivity index (χ4n) is 1.91. The van der Waals surface area contributed by atoms with Crippen LogP contribution in [0.3, 0.4) is 0 Å². The third-order valence-electron chi connectivity index (χ3n) is 3.03. The molecule has 0 aliphatic rings. The number of ether oxygens (including phenoxy) is 1. The van der Waals surface area contributed by atoms with Crippen LogP contribution in [0.2, 0.25) is 0 Å². The first-order chi connectivity index (χ1) is 11.3. The molecule has 24 heavy (non-hydrogen) atoms. The highest BCUT2D eigenvalue weighted by Crippen LogP contribution is 2.32. The van der Waals surface area contributed by atoms with Crippen LogP contribution in [0.15, 0.2) is 55.3 Å². The van der Waals surface area contributed by atoms with Crippen molar-refractivity contribution in [2.75, 3.05) is 6.61 Å². The number of hydrogen-bond donors (Lipinski definition) is 1. The van der Waals surface area contributed by atoms with Gasteiger partial charge in [0.1, 0.15) is 5.75 Å². The van der Waals surface area contributed by atoms with Gasteiger partial charge in [0.2, 0.25) is 0 Å². The maximum Gasteiger partial charge on any atom is 0.276 e. The summed E-state index contributed by atoms with van der Waals surface area (Å²) in [6, 6.07) is 10.2. The first kappa shape index (κ1) is 19.0. The fourth-order valence-corrected chi connectivity index (χ4v) is 4.07. The summed E-state index contributed by atoms with van der Waals surface area (Å²) in [5.74, 6) is 0.596. The van der Waals surface area contributed by atoms with Crippen LogP contribution in [0.25, 0.3) is 0 Å². The highest BCUT2D eigenvalue weighted by atomic mass is 79.9. The lowest BCUT2D eigenvalue weighted by Gasteiger charge is -2.10. The van der Waals surface area contributed by atoms with Gasteiger partial charge in [0.15, 0.2) is 0 Å². The van der Waals surface area contributed by atoms with Gasteiger partial charge in [-0.2, -0.15) is 13.5 Å². The lowest BCUT2D eigenvalue weighted by Crippen LogP contribution is -2.18. The molecule has 2 rings (SSSR count). The smallest absolute Gasteiger partial charge is 0.276 e. The van der Waals surface area contributed by atoms with E-state index in [-0.39, 0.29) is 4.90 Å². The standard InChI is InChI=1S/C16H16Br2N2O3S/c1-3-23-16-12(8-13(17)9-15(16)18)10-19-20-24(21,22)14-6-4-11(2)5-7-14/h4-10,20H,3H2,1-2H3/b19-10+. The number of halogens is 2. The number of sulfonamides is 1. The van der Waals surface area contributed by atoms with Gasteiger partial charge in [0, 0.05) is 10.0 Å². The van der Waals surface area contributed by atoms with Gasteiger partial charge in [-0.1, -0.05) is 33.6 Å². The Balaban J connectivity index is 2.24. The van der Waals surface area contributed by atoms with Crippen LogP contribution in [0.1, 0.15) is 18.1 Å². The second-order valence-corrected chi connectivity index (χ2v) is 8.34. The van der Waals surface area contributed by atoms with Crippen LogP contribution in [-0.2, 0) is 10.0 Å². The molecule has 0 saturated heterocycles. The third-order valence-corrected chi connectivity index (χ3v) is 5.32. The zero-order chi connectivity index (χ0) is 17.7. The zero-order valence-corrected chi connectivity index (χ0v) is 17.1. The first-order valence-electron chi connectivity index (χ1n) is 7.07. The highest BCUT2D eigenvalue weighted by Gasteiger charge is 2.13. The van der Waals surface area contributed by atoms with Crippen molar-refractivity contribution in [2.24, 2.45) is 5.10 Å². The van der Waals surface area contributed by atoms with Gasteiger partial charge in [-0.25, -0.2) is 4.83 Å². The molecule has 0 saturated carbocycles. The molecule has 0 fully saturated rings.